The zero-order valence-corrected chi connectivity index (χ0v) is 14.7. The van der Waals surface area contributed by atoms with Crippen LogP contribution >= 0.6 is 11.6 Å². The number of esters is 1. The summed E-state index contributed by atoms with van der Waals surface area (Å²) in [5, 5.41) is 0.554. The van der Waals surface area contributed by atoms with Gasteiger partial charge in [0, 0.05) is 16.7 Å². The Morgan fingerprint density at radius 2 is 2.00 bits per heavy atom. The minimum absolute atomic E-state index is 0.000194. The Kier molecular flexibility index (Phi) is 4.12. The fourth-order valence-corrected chi connectivity index (χ4v) is 3.38. The van der Waals surface area contributed by atoms with E-state index in [9.17, 15) is 4.79 Å². The van der Waals surface area contributed by atoms with Crippen molar-refractivity contribution in [2.75, 3.05) is 13.4 Å². The number of halogens is 1. The summed E-state index contributed by atoms with van der Waals surface area (Å²) in [5.41, 5.74) is 7.85. The predicted octanol–water partition coefficient (Wildman–Crippen LogP) is 3.33. The van der Waals surface area contributed by atoms with Crippen molar-refractivity contribution >= 4 is 17.6 Å². The Hall–Kier alpha value is -2.86. The molecule has 134 valence electrons. The summed E-state index contributed by atoms with van der Waals surface area (Å²) in [5.74, 6) is 0.637. The maximum absolute atomic E-state index is 12.6. The highest BCUT2D eigenvalue weighted by Gasteiger charge is 2.37. The lowest BCUT2D eigenvalue weighted by Crippen LogP contribution is -2.27. The van der Waals surface area contributed by atoms with Crippen LogP contribution in [0.4, 0.5) is 0 Å². The molecule has 1 unspecified atom stereocenters. The molecule has 0 radical (unpaired) electrons. The first-order valence-electron chi connectivity index (χ1n) is 8.12. The summed E-state index contributed by atoms with van der Waals surface area (Å²) < 4.78 is 21.8. The molecule has 26 heavy (non-hydrogen) atoms. The van der Waals surface area contributed by atoms with Gasteiger partial charge < -0.3 is 24.7 Å². The molecule has 4 rings (SSSR count). The number of rotatable bonds is 3. The average Bonchev–Trinajstić information content (AvgIpc) is 3.06. The molecule has 0 spiro atoms. The van der Waals surface area contributed by atoms with Gasteiger partial charge >= 0.3 is 5.97 Å². The molecule has 2 aromatic rings. The SMILES string of the molecule is CCOC(=O)C1=C(N)Oc2cc3c(cc2C1c1cccc(Cl)c1)OCO3. The van der Waals surface area contributed by atoms with Crippen molar-refractivity contribution in [3.05, 3.63) is 64.0 Å². The molecule has 0 amide bonds. The van der Waals surface area contributed by atoms with Gasteiger partial charge in [0.15, 0.2) is 11.5 Å². The second-order valence-corrected chi connectivity index (χ2v) is 6.27. The molecule has 2 aliphatic heterocycles. The van der Waals surface area contributed by atoms with Crippen LogP contribution in [0.25, 0.3) is 0 Å². The molecule has 6 nitrogen and oxygen atoms in total. The largest absolute Gasteiger partial charge is 0.462 e. The van der Waals surface area contributed by atoms with Crippen molar-refractivity contribution < 1.29 is 23.7 Å². The molecule has 0 saturated heterocycles. The zero-order chi connectivity index (χ0) is 18.3. The van der Waals surface area contributed by atoms with Crippen LogP contribution in [0.15, 0.2) is 47.9 Å². The minimum atomic E-state index is -0.529. The molecule has 0 bridgehead atoms. The number of carbonyl (C=O) groups excluding carboxylic acids is 1. The van der Waals surface area contributed by atoms with Crippen molar-refractivity contribution in [3.63, 3.8) is 0 Å². The third-order valence-electron chi connectivity index (χ3n) is 4.27. The van der Waals surface area contributed by atoms with Gasteiger partial charge in [0.25, 0.3) is 0 Å². The Labute approximate surface area is 155 Å². The molecule has 2 heterocycles. The van der Waals surface area contributed by atoms with Crippen LogP contribution in [0.1, 0.15) is 24.0 Å². The molecular weight excluding hydrogens is 358 g/mol. The van der Waals surface area contributed by atoms with Crippen LogP contribution in [0.5, 0.6) is 17.2 Å². The Balaban J connectivity index is 1.91. The van der Waals surface area contributed by atoms with Crippen molar-refractivity contribution in [2.24, 2.45) is 5.73 Å². The second kappa shape index (κ2) is 6.46. The summed E-state index contributed by atoms with van der Waals surface area (Å²) in [4.78, 5) is 12.6. The monoisotopic (exact) mass is 373 g/mol. The van der Waals surface area contributed by atoms with Crippen LogP contribution < -0.4 is 19.9 Å². The van der Waals surface area contributed by atoms with Gasteiger partial charge in [0.1, 0.15) is 11.3 Å². The maximum atomic E-state index is 12.6. The third-order valence-corrected chi connectivity index (χ3v) is 4.50. The Morgan fingerprint density at radius 3 is 2.73 bits per heavy atom. The first-order valence-corrected chi connectivity index (χ1v) is 8.50. The van der Waals surface area contributed by atoms with E-state index in [0.717, 1.165) is 11.1 Å². The fraction of sp³-hybridized carbons (Fsp3) is 0.211. The summed E-state index contributed by atoms with van der Waals surface area (Å²) in [6.45, 7) is 2.10. The first kappa shape index (κ1) is 16.6. The molecule has 0 saturated carbocycles. The normalized spacial score (nSPS) is 17.5. The van der Waals surface area contributed by atoms with Crippen LogP contribution in [-0.2, 0) is 9.53 Å². The number of ether oxygens (including phenoxy) is 4. The minimum Gasteiger partial charge on any atom is -0.462 e. The van der Waals surface area contributed by atoms with Gasteiger partial charge in [0.05, 0.1) is 12.5 Å². The molecular formula is C19H16ClNO5. The molecule has 0 aliphatic carbocycles. The van der Waals surface area contributed by atoms with E-state index >= 15 is 0 Å². The summed E-state index contributed by atoms with van der Waals surface area (Å²) in [7, 11) is 0. The summed E-state index contributed by atoms with van der Waals surface area (Å²) in [6, 6.07) is 10.8. The highest BCUT2D eigenvalue weighted by Crippen LogP contribution is 2.48. The van der Waals surface area contributed by atoms with E-state index in [1.54, 1.807) is 31.2 Å². The average molecular weight is 374 g/mol. The van der Waals surface area contributed by atoms with Gasteiger partial charge in [-0.2, -0.15) is 0 Å². The smallest absolute Gasteiger partial charge is 0.340 e. The number of carbonyl (C=O) groups is 1. The number of hydrogen-bond donors (Lipinski definition) is 1. The van der Waals surface area contributed by atoms with E-state index in [1.165, 1.54) is 0 Å². The van der Waals surface area contributed by atoms with E-state index in [1.807, 2.05) is 12.1 Å². The molecule has 1 atom stereocenters. The van der Waals surface area contributed by atoms with E-state index in [0.29, 0.717) is 22.3 Å². The van der Waals surface area contributed by atoms with E-state index in [2.05, 4.69) is 0 Å². The molecule has 2 aromatic carbocycles. The van der Waals surface area contributed by atoms with Gasteiger partial charge in [-0.25, -0.2) is 4.79 Å². The summed E-state index contributed by atoms with van der Waals surface area (Å²) >= 11 is 6.17. The van der Waals surface area contributed by atoms with Gasteiger partial charge in [0.2, 0.25) is 12.7 Å². The van der Waals surface area contributed by atoms with Gasteiger partial charge in [-0.1, -0.05) is 23.7 Å². The van der Waals surface area contributed by atoms with Crippen LogP contribution in [0.3, 0.4) is 0 Å². The predicted molar refractivity (Wildman–Crippen MR) is 94.3 cm³/mol. The van der Waals surface area contributed by atoms with Crippen LogP contribution in [0, 0.1) is 0 Å². The number of fused-ring (bicyclic) bond motifs is 2. The number of benzene rings is 2. The second-order valence-electron chi connectivity index (χ2n) is 5.83. The maximum Gasteiger partial charge on any atom is 0.340 e. The first-order chi connectivity index (χ1) is 12.6. The number of hydrogen-bond acceptors (Lipinski definition) is 6. The lowest BCUT2D eigenvalue weighted by atomic mass is 9.83. The number of nitrogens with two attached hydrogens (primary N) is 1. The van der Waals surface area contributed by atoms with Crippen molar-refractivity contribution in [3.8, 4) is 17.2 Å². The van der Waals surface area contributed by atoms with E-state index in [4.69, 9.17) is 36.3 Å². The lowest BCUT2D eigenvalue weighted by Gasteiger charge is -2.28. The van der Waals surface area contributed by atoms with Gasteiger partial charge in [-0.15, -0.1) is 0 Å². The van der Waals surface area contributed by atoms with Gasteiger partial charge in [-0.05, 0) is 30.7 Å². The highest BCUT2D eigenvalue weighted by molar-refractivity contribution is 6.30. The van der Waals surface area contributed by atoms with Crippen LogP contribution in [-0.4, -0.2) is 19.4 Å². The van der Waals surface area contributed by atoms with E-state index < -0.39 is 11.9 Å². The topological polar surface area (TPSA) is 80.0 Å². The fourth-order valence-electron chi connectivity index (χ4n) is 3.18. The lowest BCUT2D eigenvalue weighted by molar-refractivity contribution is -0.139. The quantitative estimate of drug-likeness (QED) is 0.831. The third kappa shape index (κ3) is 2.72. The van der Waals surface area contributed by atoms with Crippen LogP contribution in [0.2, 0.25) is 5.02 Å². The van der Waals surface area contributed by atoms with Gasteiger partial charge in [-0.3, -0.25) is 0 Å². The molecule has 2 aliphatic rings. The highest BCUT2D eigenvalue weighted by atomic mass is 35.5. The molecule has 7 heteroatoms. The Bertz CT molecular complexity index is 924. The van der Waals surface area contributed by atoms with E-state index in [-0.39, 0.29) is 24.9 Å². The van der Waals surface area contributed by atoms with Crippen molar-refractivity contribution in [1.29, 1.82) is 0 Å². The van der Waals surface area contributed by atoms with Crippen molar-refractivity contribution in [1.82, 2.24) is 0 Å². The molecule has 2 N–H and O–H groups in total. The molecule has 0 aromatic heterocycles. The summed E-state index contributed by atoms with van der Waals surface area (Å²) in [6.07, 6.45) is 0. The Morgan fingerprint density at radius 1 is 1.23 bits per heavy atom. The molecule has 0 fully saturated rings. The van der Waals surface area contributed by atoms with Crippen molar-refractivity contribution in [2.45, 2.75) is 12.8 Å². The standard InChI is InChI=1S/C19H16ClNO5/c1-2-23-19(22)17-16(10-4-3-5-11(20)6-10)12-7-14-15(25-9-24-14)8-13(12)26-18(17)21/h3-8,16H,2,9,21H2,1H3. The zero-order valence-electron chi connectivity index (χ0n) is 14.0.